The zero-order valence-corrected chi connectivity index (χ0v) is 13.5. The summed E-state index contributed by atoms with van der Waals surface area (Å²) in [6.45, 7) is 6.97. The van der Waals surface area contributed by atoms with Crippen molar-refractivity contribution in [1.82, 2.24) is 9.62 Å². The van der Waals surface area contributed by atoms with E-state index in [1.165, 1.54) is 12.1 Å². The zero-order valence-electron chi connectivity index (χ0n) is 12.7. The molecule has 7 heteroatoms. The number of amides is 1. The van der Waals surface area contributed by atoms with Crippen LogP contribution in [-0.4, -0.2) is 37.3 Å². The maximum atomic E-state index is 12.9. The highest BCUT2D eigenvalue weighted by Crippen LogP contribution is 2.16. The molecular weight excluding hydrogens is 295 g/mol. The SMILES string of the molecule is CCN(CC(=O)NC(C)(C)C)S(=O)(=O)c1ccc(F)cc1. The van der Waals surface area contributed by atoms with E-state index < -0.39 is 21.4 Å². The Morgan fingerprint density at radius 1 is 1.24 bits per heavy atom. The number of benzene rings is 1. The Bertz CT molecular complexity index is 592. The van der Waals surface area contributed by atoms with Crippen LogP contribution in [0.2, 0.25) is 0 Å². The molecule has 1 rings (SSSR count). The van der Waals surface area contributed by atoms with Crippen molar-refractivity contribution in [3.63, 3.8) is 0 Å². The van der Waals surface area contributed by atoms with Crippen LogP contribution in [0.15, 0.2) is 29.2 Å². The summed E-state index contributed by atoms with van der Waals surface area (Å²) >= 11 is 0. The molecule has 0 radical (unpaired) electrons. The largest absolute Gasteiger partial charge is 0.350 e. The summed E-state index contributed by atoms with van der Waals surface area (Å²) in [5, 5.41) is 2.71. The van der Waals surface area contributed by atoms with Gasteiger partial charge in [-0.2, -0.15) is 4.31 Å². The summed E-state index contributed by atoms with van der Waals surface area (Å²) in [5.74, 6) is -0.891. The third kappa shape index (κ3) is 5.09. The van der Waals surface area contributed by atoms with Gasteiger partial charge in [0, 0.05) is 12.1 Å². The summed E-state index contributed by atoms with van der Waals surface area (Å²) in [6.07, 6.45) is 0. The van der Waals surface area contributed by atoms with E-state index in [2.05, 4.69) is 5.32 Å². The molecule has 0 bridgehead atoms. The fourth-order valence-electron chi connectivity index (χ4n) is 1.74. The lowest BCUT2D eigenvalue weighted by Crippen LogP contribution is -2.47. The van der Waals surface area contributed by atoms with Gasteiger partial charge in [-0.3, -0.25) is 4.79 Å². The van der Waals surface area contributed by atoms with E-state index in [1.54, 1.807) is 6.92 Å². The number of carbonyl (C=O) groups excluding carboxylic acids is 1. The molecule has 0 aromatic heterocycles. The van der Waals surface area contributed by atoms with Crippen LogP contribution in [0.3, 0.4) is 0 Å². The number of nitrogens with zero attached hydrogens (tertiary/aromatic N) is 1. The number of rotatable bonds is 5. The Kier molecular flexibility index (Phi) is 5.47. The van der Waals surface area contributed by atoms with E-state index in [4.69, 9.17) is 0 Å². The van der Waals surface area contributed by atoms with Crippen molar-refractivity contribution in [3.8, 4) is 0 Å². The van der Waals surface area contributed by atoms with Crippen LogP contribution in [0.4, 0.5) is 4.39 Å². The smallest absolute Gasteiger partial charge is 0.243 e. The highest BCUT2D eigenvalue weighted by molar-refractivity contribution is 7.89. The number of likely N-dealkylation sites (N-methyl/N-ethyl adjacent to an activating group) is 1. The average Bonchev–Trinajstić information content (AvgIpc) is 2.34. The van der Waals surface area contributed by atoms with Gasteiger partial charge in [-0.25, -0.2) is 12.8 Å². The lowest BCUT2D eigenvalue weighted by molar-refractivity contribution is -0.122. The third-order valence-corrected chi connectivity index (χ3v) is 4.57. The second-order valence-electron chi connectivity index (χ2n) is 5.68. The molecule has 0 aliphatic carbocycles. The molecule has 0 saturated heterocycles. The average molecular weight is 316 g/mol. The number of sulfonamides is 1. The highest BCUT2D eigenvalue weighted by Gasteiger charge is 2.26. The second-order valence-corrected chi connectivity index (χ2v) is 7.62. The van der Waals surface area contributed by atoms with Crippen LogP contribution in [-0.2, 0) is 14.8 Å². The number of hydrogen-bond acceptors (Lipinski definition) is 3. The first-order valence-electron chi connectivity index (χ1n) is 6.63. The maximum absolute atomic E-state index is 12.9. The molecule has 5 nitrogen and oxygen atoms in total. The standard InChI is InChI=1S/C14H21FN2O3S/c1-5-17(10-13(18)16-14(2,3)4)21(19,20)12-8-6-11(15)7-9-12/h6-9H,5,10H2,1-4H3,(H,16,18). The van der Waals surface area contributed by atoms with E-state index in [0.29, 0.717) is 0 Å². The van der Waals surface area contributed by atoms with Crippen LogP contribution in [0.5, 0.6) is 0 Å². The minimum atomic E-state index is -3.81. The van der Waals surface area contributed by atoms with Crippen molar-refractivity contribution in [1.29, 1.82) is 0 Å². The Morgan fingerprint density at radius 2 is 1.76 bits per heavy atom. The minimum absolute atomic E-state index is 0.0330. The molecule has 1 N–H and O–H groups in total. The highest BCUT2D eigenvalue weighted by atomic mass is 32.2. The minimum Gasteiger partial charge on any atom is -0.350 e. The van der Waals surface area contributed by atoms with E-state index >= 15 is 0 Å². The summed E-state index contributed by atoms with van der Waals surface area (Å²) in [7, 11) is -3.81. The molecule has 0 atom stereocenters. The van der Waals surface area contributed by atoms with Gasteiger partial charge in [0.2, 0.25) is 15.9 Å². The van der Waals surface area contributed by atoms with Gasteiger partial charge in [0.05, 0.1) is 11.4 Å². The molecule has 0 aliphatic heterocycles. The summed E-state index contributed by atoms with van der Waals surface area (Å²) in [5.41, 5.74) is -0.434. The summed E-state index contributed by atoms with van der Waals surface area (Å²) in [4.78, 5) is 11.8. The van der Waals surface area contributed by atoms with Gasteiger partial charge < -0.3 is 5.32 Å². The molecule has 0 spiro atoms. The Labute approximate surface area is 125 Å². The Morgan fingerprint density at radius 3 is 2.19 bits per heavy atom. The van der Waals surface area contributed by atoms with Crippen molar-refractivity contribution in [2.24, 2.45) is 0 Å². The van der Waals surface area contributed by atoms with Gasteiger partial charge in [-0.05, 0) is 45.0 Å². The first-order chi connectivity index (χ1) is 9.56. The summed E-state index contributed by atoms with van der Waals surface area (Å²) in [6, 6.07) is 4.54. The second kappa shape index (κ2) is 6.53. The normalized spacial score (nSPS) is 12.5. The van der Waals surface area contributed by atoms with Crippen molar-refractivity contribution >= 4 is 15.9 Å². The summed E-state index contributed by atoms with van der Waals surface area (Å²) < 4.78 is 38.7. The molecular formula is C14H21FN2O3S. The van der Waals surface area contributed by atoms with Gasteiger partial charge >= 0.3 is 0 Å². The molecule has 118 valence electrons. The van der Waals surface area contributed by atoms with E-state index in [1.807, 2.05) is 20.8 Å². The Balaban J connectivity index is 2.93. The van der Waals surface area contributed by atoms with Crippen molar-refractivity contribution < 1.29 is 17.6 Å². The Hall–Kier alpha value is -1.47. The van der Waals surface area contributed by atoms with Gasteiger partial charge in [0.25, 0.3) is 0 Å². The topological polar surface area (TPSA) is 66.5 Å². The molecule has 0 heterocycles. The van der Waals surface area contributed by atoms with Crippen LogP contribution in [0.1, 0.15) is 27.7 Å². The molecule has 0 unspecified atom stereocenters. The lowest BCUT2D eigenvalue weighted by atomic mass is 10.1. The van der Waals surface area contributed by atoms with E-state index in [9.17, 15) is 17.6 Å². The number of carbonyl (C=O) groups is 1. The van der Waals surface area contributed by atoms with Crippen molar-refractivity contribution in [2.45, 2.75) is 38.1 Å². The number of hydrogen-bond donors (Lipinski definition) is 1. The molecule has 0 aliphatic rings. The molecule has 21 heavy (non-hydrogen) atoms. The number of nitrogens with one attached hydrogen (secondary N) is 1. The quantitative estimate of drug-likeness (QED) is 0.900. The van der Waals surface area contributed by atoms with E-state index in [0.717, 1.165) is 16.4 Å². The van der Waals surface area contributed by atoms with Gasteiger partial charge in [0.15, 0.2) is 0 Å². The molecule has 0 fully saturated rings. The molecule has 1 aromatic carbocycles. The predicted octanol–water partition coefficient (Wildman–Crippen LogP) is 1.75. The molecule has 1 aromatic rings. The van der Waals surface area contributed by atoms with Crippen molar-refractivity contribution in [2.75, 3.05) is 13.1 Å². The first kappa shape index (κ1) is 17.6. The van der Waals surface area contributed by atoms with Crippen LogP contribution in [0.25, 0.3) is 0 Å². The monoisotopic (exact) mass is 316 g/mol. The van der Waals surface area contributed by atoms with Crippen molar-refractivity contribution in [3.05, 3.63) is 30.1 Å². The zero-order chi connectivity index (χ0) is 16.3. The predicted molar refractivity (Wildman–Crippen MR) is 78.7 cm³/mol. The van der Waals surface area contributed by atoms with Gasteiger partial charge in [-0.15, -0.1) is 0 Å². The fourth-order valence-corrected chi connectivity index (χ4v) is 3.15. The van der Waals surface area contributed by atoms with Gasteiger partial charge in [0.1, 0.15) is 5.82 Å². The van der Waals surface area contributed by atoms with Gasteiger partial charge in [-0.1, -0.05) is 6.92 Å². The molecule has 1 amide bonds. The molecule has 0 saturated carbocycles. The maximum Gasteiger partial charge on any atom is 0.243 e. The van der Waals surface area contributed by atoms with Crippen LogP contribution < -0.4 is 5.32 Å². The van der Waals surface area contributed by atoms with Crippen LogP contribution in [0, 0.1) is 5.82 Å². The first-order valence-corrected chi connectivity index (χ1v) is 8.07. The fraction of sp³-hybridized carbons (Fsp3) is 0.500. The number of halogens is 1. The van der Waals surface area contributed by atoms with Crippen LogP contribution >= 0.6 is 0 Å². The van der Waals surface area contributed by atoms with E-state index in [-0.39, 0.29) is 23.9 Å². The lowest BCUT2D eigenvalue weighted by Gasteiger charge is -2.24. The third-order valence-electron chi connectivity index (χ3n) is 2.64.